The lowest BCUT2D eigenvalue weighted by Gasteiger charge is -2.34. The number of benzene rings is 4. The number of rotatable bonds is 14. The molecule has 0 aliphatic carbocycles. The summed E-state index contributed by atoms with van der Waals surface area (Å²) in [4.78, 5) is 29.4. The Morgan fingerprint density at radius 1 is 0.822 bits per heavy atom. The van der Waals surface area contributed by atoms with Crippen LogP contribution in [0.5, 0.6) is 5.75 Å². The first-order valence-electron chi connectivity index (χ1n) is 14.8. The van der Waals surface area contributed by atoms with E-state index in [1.807, 2.05) is 81.4 Å². The molecule has 0 saturated heterocycles. The van der Waals surface area contributed by atoms with E-state index in [0.717, 1.165) is 27.6 Å². The Labute approximate surface area is 264 Å². The van der Waals surface area contributed by atoms with Crippen LogP contribution in [0, 0.1) is 5.82 Å². The van der Waals surface area contributed by atoms with E-state index in [1.165, 1.54) is 41.3 Å². The summed E-state index contributed by atoms with van der Waals surface area (Å²) in [5.41, 5.74) is 1.71. The third-order valence-electron chi connectivity index (χ3n) is 7.01. The molecule has 4 aromatic rings. The van der Waals surface area contributed by atoms with Gasteiger partial charge in [-0.3, -0.25) is 13.9 Å². The van der Waals surface area contributed by atoms with Gasteiger partial charge in [-0.05, 0) is 80.4 Å². The van der Waals surface area contributed by atoms with Gasteiger partial charge in [-0.25, -0.2) is 12.8 Å². The van der Waals surface area contributed by atoms with Crippen molar-refractivity contribution in [3.8, 4) is 5.75 Å². The monoisotopic (exact) mass is 631 g/mol. The predicted octanol–water partition coefficient (Wildman–Crippen LogP) is 5.58. The van der Waals surface area contributed by atoms with Gasteiger partial charge in [-0.15, -0.1) is 0 Å². The normalized spacial score (nSPS) is 11.9. The van der Waals surface area contributed by atoms with Gasteiger partial charge in [0, 0.05) is 19.0 Å². The highest BCUT2D eigenvalue weighted by molar-refractivity contribution is 7.92. The van der Waals surface area contributed by atoms with E-state index in [4.69, 9.17) is 4.74 Å². The van der Waals surface area contributed by atoms with E-state index in [1.54, 1.807) is 0 Å². The zero-order chi connectivity index (χ0) is 32.4. The second kappa shape index (κ2) is 15.3. The van der Waals surface area contributed by atoms with Gasteiger partial charge in [0.1, 0.15) is 24.2 Å². The van der Waals surface area contributed by atoms with Crippen molar-refractivity contribution in [2.24, 2.45) is 0 Å². The van der Waals surface area contributed by atoms with Crippen molar-refractivity contribution in [2.75, 3.05) is 17.5 Å². The number of carbonyl (C=O) groups excluding carboxylic acids is 2. The minimum atomic E-state index is -4.32. The van der Waals surface area contributed by atoms with Gasteiger partial charge in [0.25, 0.3) is 10.0 Å². The maximum Gasteiger partial charge on any atom is 0.264 e. The molecule has 45 heavy (non-hydrogen) atoms. The standard InChI is InChI=1S/C35H38FN3O5S/c1-4-44-31-19-21-32(22-20-31)45(42,43)39(30-17-15-29(36)16-18-30)25-34(40)38(24-28-13-9-6-10-14-28)33(35(41)37-26(2)3)23-27-11-7-5-8-12-27/h5-22,26,33H,4,23-25H2,1-3H3,(H,37,41)/t33-/m0/s1. The Kier molecular flexibility index (Phi) is 11.3. The zero-order valence-electron chi connectivity index (χ0n) is 25.6. The van der Waals surface area contributed by atoms with E-state index >= 15 is 0 Å². The summed E-state index contributed by atoms with van der Waals surface area (Å²) in [6.07, 6.45) is 0.208. The van der Waals surface area contributed by atoms with Crippen LogP contribution in [0.4, 0.5) is 10.1 Å². The van der Waals surface area contributed by atoms with Gasteiger partial charge in [-0.2, -0.15) is 0 Å². The summed E-state index contributed by atoms with van der Waals surface area (Å²) in [6.45, 7) is 5.33. The fourth-order valence-electron chi connectivity index (χ4n) is 4.85. The largest absolute Gasteiger partial charge is 0.494 e. The van der Waals surface area contributed by atoms with Gasteiger partial charge in [-0.1, -0.05) is 60.7 Å². The summed E-state index contributed by atoms with van der Waals surface area (Å²) < 4.78 is 48.5. The number of carbonyl (C=O) groups is 2. The van der Waals surface area contributed by atoms with E-state index in [-0.39, 0.29) is 35.5 Å². The summed E-state index contributed by atoms with van der Waals surface area (Å²) in [5.74, 6) is -1.02. The topological polar surface area (TPSA) is 96.0 Å². The maximum atomic E-state index is 14.4. The Balaban J connectivity index is 1.77. The zero-order valence-corrected chi connectivity index (χ0v) is 26.4. The number of amides is 2. The van der Waals surface area contributed by atoms with E-state index in [9.17, 15) is 22.4 Å². The first kappa shape index (κ1) is 33.2. The number of ether oxygens (including phenoxy) is 1. The minimum absolute atomic E-state index is 0.0586. The van der Waals surface area contributed by atoms with Crippen molar-refractivity contribution in [3.05, 3.63) is 126 Å². The van der Waals surface area contributed by atoms with Crippen molar-refractivity contribution in [2.45, 2.75) is 50.7 Å². The van der Waals surface area contributed by atoms with Crippen LogP contribution in [0.1, 0.15) is 31.9 Å². The molecule has 0 aliphatic rings. The molecule has 4 rings (SSSR count). The van der Waals surface area contributed by atoms with Crippen molar-refractivity contribution in [1.82, 2.24) is 10.2 Å². The van der Waals surface area contributed by atoms with Crippen LogP contribution in [-0.4, -0.2) is 50.4 Å². The Bertz CT molecular complexity index is 1650. The molecule has 2 amide bonds. The molecular weight excluding hydrogens is 593 g/mol. The Hall–Kier alpha value is -4.70. The fourth-order valence-corrected chi connectivity index (χ4v) is 6.27. The fraction of sp³-hybridized carbons (Fsp3) is 0.257. The Morgan fingerprint density at radius 2 is 1.40 bits per heavy atom. The molecule has 4 aromatic carbocycles. The van der Waals surface area contributed by atoms with Crippen molar-refractivity contribution in [3.63, 3.8) is 0 Å². The summed E-state index contributed by atoms with van der Waals surface area (Å²) >= 11 is 0. The predicted molar refractivity (Wildman–Crippen MR) is 173 cm³/mol. The molecule has 0 aliphatic heterocycles. The number of hydrogen-bond donors (Lipinski definition) is 1. The molecule has 0 aromatic heterocycles. The second-order valence-corrected chi connectivity index (χ2v) is 12.6. The van der Waals surface area contributed by atoms with Gasteiger partial charge in [0.05, 0.1) is 17.2 Å². The minimum Gasteiger partial charge on any atom is -0.494 e. The molecule has 236 valence electrons. The van der Waals surface area contributed by atoms with Crippen molar-refractivity contribution >= 4 is 27.5 Å². The Morgan fingerprint density at radius 3 is 1.96 bits per heavy atom. The van der Waals surface area contributed by atoms with E-state index in [2.05, 4.69) is 5.32 Å². The van der Waals surface area contributed by atoms with Gasteiger partial charge in [0.2, 0.25) is 11.8 Å². The molecule has 0 saturated carbocycles. The summed E-state index contributed by atoms with van der Waals surface area (Å²) in [7, 11) is -4.32. The highest BCUT2D eigenvalue weighted by atomic mass is 32.2. The smallest absolute Gasteiger partial charge is 0.264 e. The third-order valence-corrected chi connectivity index (χ3v) is 8.80. The van der Waals surface area contributed by atoms with Crippen molar-refractivity contribution < 1.29 is 27.1 Å². The average molecular weight is 632 g/mol. The number of anilines is 1. The van der Waals surface area contributed by atoms with E-state index < -0.39 is 34.3 Å². The van der Waals surface area contributed by atoms with Crippen LogP contribution in [0.2, 0.25) is 0 Å². The molecule has 0 spiro atoms. The molecule has 8 nitrogen and oxygen atoms in total. The van der Waals surface area contributed by atoms with Crippen LogP contribution < -0.4 is 14.4 Å². The van der Waals surface area contributed by atoms with Gasteiger partial charge < -0.3 is 15.0 Å². The molecule has 0 radical (unpaired) electrons. The van der Waals surface area contributed by atoms with Gasteiger partial charge >= 0.3 is 0 Å². The first-order chi connectivity index (χ1) is 21.6. The van der Waals surface area contributed by atoms with Crippen LogP contribution in [0.3, 0.4) is 0 Å². The maximum absolute atomic E-state index is 14.4. The van der Waals surface area contributed by atoms with Gasteiger partial charge in [0.15, 0.2) is 0 Å². The SMILES string of the molecule is CCOc1ccc(S(=O)(=O)N(CC(=O)N(Cc2ccccc2)[C@@H](Cc2ccccc2)C(=O)NC(C)C)c2ccc(F)cc2)cc1. The van der Waals surface area contributed by atoms with Crippen LogP contribution >= 0.6 is 0 Å². The quantitative estimate of drug-likeness (QED) is 0.196. The lowest BCUT2D eigenvalue weighted by molar-refractivity contribution is -0.140. The van der Waals surface area contributed by atoms with E-state index in [0.29, 0.717) is 12.4 Å². The van der Waals surface area contributed by atoms with Crippen LogP contribution in [-0.2, 0) is 32.6 Å². The molecule has 1 atom stereocenters. The number of nitrogens with one attached hydrogen (secondary N) is 1. The van der Waals surface area contributed by atoms with Crippen LogP contribution in [0.25, 0.3) is 0 Å². The lowest BCUT2D eigenvalue weighted by Crippen LogP contribution is -2.54. The second-order valence-electron chi connectivity index (χ2n) is 10.8. The third kappa shape index (κ3) is 8.92. The number of hydrogen-bond acceptors (Lipinski definition) is 5. The highest BCUT2D eigenvalue weighted by Crippen LogP contribution is 2.27. The summed E-state index contributed by atoms with van der Waals surface area (Å²) in [5, 5.41) is 2.93. The molecular formula is C35H38FN3O5S. The molecule has 10 heteroatoms. The number of halogens is 1. The van der Waals surface area contributed by atoms with Crippen LogP contribution in [0.15, 0.2) is 114 Å². The van der Waals surface area contributed by atoms with Crippen molar-refractivity contribution in [1.29, 1.82) is 0 Å². The number of nitrogens with zero attached hydrogens (tertiary/aromatic N) is 2. The molecule has 0 unspecified atom stereocenters. The lowest BCUT2D eigenvalue weighted by atomic mass is 10.0. The molecule has 0 bridgehead atoms. The first-order valence-corrected chi connectivity index (χ1v) is 16.2. The molecule has 1 N–H and O–H groups in total. The average Bonchev–Trinajstić information content (AvgIpc) is 3.03. The summed E-state index contributed by atoms with van der Waals surface area (Å²) in [6, 6.07) is 28.1. The number of sulfonamides is 1. The highest BCUT2D eigenvalue weighted by Gasteiger charge is 2.34. The molecule has 0 heterocycles. The molecule has 0 fully saturated rings.